The number of rotatable bonds is 3. The van der Waals surface area contributed by atoms with Crippen molar-refractivity contribution in [3.63, 3.8) is 0 Å². The lowest BCUT2D eigenvalue weighted by atomic mass is 10.3. The Kier molecular flexibility index (Phi) is 3.30. The standard InChI is InChI=1S/C10H11N3O5S/c1-18-6-2-3-7-8(4-6)19(16,17)13-10(12-7)11-5-9(14)15/h2-4H,5H2,1H3,(H,14,15)(H2,11,12,13). The number of aliphatic carboxylic acids is 1. The van der Waals surface area contributed by atoms with Crippen LogP contribution in [0.5, 0.6) is 5.75 Å². The van der Waals surface area contributed by atoms with Gasteiger partial charge in [0.1, 0.15) is 17.2 Å². The topological polar surface area (TPSA) is 117 Å². The first-order valence-electron chi connectivity index (χ1n) is 5.16. The number of hydrogen-bond acceptors (Lipinski definition) is 5. The number of sulfonamides is 1. The Morgan fingerprint density at radius 2 is 2.21 bits per heavy atom. The van der Waals surface area contributed by atoms with Gasteiger partial charge in [-0.3, -0.25) is 4.79 Å². The molecule has 102 valence electrons. The molecule has 19 heavy (non-hydrogen) atoms. The number of fused-ring (bicyclic) bond motifs is 1. The zero-order chi connectivity index (χ0) is 14.0. The van der Waals surface area contributed by atoms with Gasteiger partial charge in [-0.15, -0.1) is 0 Å². The summed E-state index contributed by atoms with van der Waals surface area (Å²) in [4.78, 5) is 14.0. The molecule has 1 aromatic carbocycles. The minimum absolute atomic E-state index is 0.0149. The van der Waals surface area contributed by atoms with Gasteiger partial charge in [-0.1, -0.05) is 0 Å². The van der Waals surface area contributed by atoms with E-state index in [2.05, 4.69) is 15.0 Å². The summed E-state index contributed by atoms with van der Waals surface area (Å²) in [5, 5.41) is 11.2. The van der Waals surface area contributed by atoms with E-state index in [9.17, 15) is 13.2 Å². The van der Waals surface area contributed by atoms with Crippen LogP contribution in [0.3, 0.4) is 0 Å². The van der Waals surface area contributed by atoms with Crippen LogP contribution in [0.1, 0.15) is 0 Å². The summed E-state index contributed by atoms with van der Waals surface area (Å²) in [6, 6.07) is 4.46. The third kappa shape index (κ3) is 2.76. The van der Waals surface area contributed by atoms with E-state index in [0.717, 1.165) is 0 Å². The number of carboxylic acids is 1. The number of nitrogens with zero attached hydrogens (tertiary/aromatic N) is 1. The number of nitrogens with one attached hydrogen (secondary N) is 2. The molecule has 0 spiro atoms. The van der Waals surface area contributed by atoms with Crippen molar-refractivity contribution in [3.8, 4) is 5.75 Å². The van der Waals surface area contributed by atoms with E-state index >= 15 is 0 Å². The van der Waals surface area contributed by atoms with Gasteiger partial charge in [-0.2, -0.15) is 0 Å². The van der Waals surface area contributed by atoms with Gasteiger partial charge in [0.2, 0.25) is 5.96 Å². The number of anilines is 1. The van der Waals surface area contributed by atoms with Gasteiger partial charge in [0.05, 0.1) is 12.8 Å². The molecule has 3 N–H and O–H groups in total. The highest BCUT2D eigenvalue weighted by Gasteiger charge is 2.27. The van der Waals surface area contributed by atoms with Crippen LogP contribution in [0.4, 0.5) is 5.69 Å². The van der Waals surface area contributed by atoms with Gasteiger partial charge in [-0.25, -0.2) is 18.1 Å². The molecule has 1 aliphatic heterocycles. The Balaban J connectivity index is 2.41. The Morgan fingerprint density at radius 1 is 1.47 bits per heavy atom. The molecule has 1 aliphatic rings. The smallest absolute Gasteiger partial charge is 0.325 e. The zero-order valence-electron chi connectivity index (χ0n) is 9.87. The summed E-state index contributed by atoms with van der Waals surface area (Å²) in [5.74, 6) is -0.883. The molecule has 1 heterocycles. The molecular weight excluding hydrogens is 274 g/mol. The second-order valence-corrected chi connectivity index (χ2v) is 5.30. The third-order valence-corrected chi connectivity index (χ3v) is 3.71. The molecule has 0 radical (unpaired) electrons. The van der Waals surface area contributed by atoms with Crippen LogP contribution in [-0.4, -0.2) is 39.1 Å². The number of carbonyl (C=O) groups is 1. The van der Waals surface area contributed by atoms with E-state index in [4.69, 9.17) is 9.84 Å². The first kappa shape index (κ1) is 13.1. The van der Waals surface area contributed by atoms with Crippen LogP contribution < -0.4 is 14.8 Å². The van der Waals surface area contributed by atoms with Crippen molar-refractivity contribution in [3.05, 3.63) is 18.2 Å². The highest BCUT2D eigenvalue weighted by molar-refractivity contribution is 7.90. The summed E-state index contributed by atoms with van der Waals surface area (Å²) < 4.78 is 31.0. The Bertz CT molecular complexity index is 653. The van der Waals surface area contributed by atoms with Gasteiger partial charge in [0, 0.05) is 6.07 Å². The monoisotopic (exact) mass is 285 g/mol. The highest BCUT2D eigenvalue weighted by Crippen LogP contribution is 2.28. The predicted octanol–water partition coefficient (Wildman–Crippen LogP) is -0.160. The van der Waals surface area contributed by atoms with Crippen LogP contribution >= 0.6 is 0 Å². The van der Waals surface area contributed by atoms with Crippen LogP contribution in [0, 0.1) is 0 Å². The number of methoxy groups -OCH3 is 1. The molecule has 0 aliphatic carbocycles. The van der Waals surface area contributed by atoms with Gasteiger partial charge < -0.3 is 15.2 Å². The number of carboxylic acid groups (broad SMARTS) is 1. The summed E-state index contributed by atoms with van der Waals surface area (Å²) in [6.07, 6.45) is 0. The van der Waals surface area contributed by atoms with Crippen molar-refractivity contribution >= 4 is 27.6 Å². The molecule has 2 rings (SSSR count). The molecular formula is C10H11N3O5S. The molecule has 0 amide bonds. The second kappa shape index (κ2) is 4.76. The fourth-order valence-corrected chi connectivity index (χ4v) is 2.67. The minimum Gasteiger partial charge on any atom is -0.497 e. The highest BCUT2D eigenvalue weighted by atomic mass is 32.2. The molecule has 0 saturated carbocycles. The second-order valence-electron chi connectivity index (χ2n) is 3.65. The summed E-state index contributed by atoms with van der Waals surface area (Å²) in [6.45, 7) is -0.531. The van der Waals surface area contributed by atoms with E-state index in [0.29, 0.717) is 11.4 Å². The number of benzene rings is 1. The van der Waals surface area contributed by atoms with E-state index in [1.165, 1.54) is 19.2 Å². The van der Waals surface area contributed by atoms with Gasteiger partial charge >= 0.3 is 5.97 Å². The summed E-state index contributed by atoms with van der Waals surface area (Å²) >= 11 is 0. The quantitative estimate of drug-likeness (QED) is 0.710. The molecule has 0 saturated heterocycles. The zero-order valence-corrected chi connectivity index (χ0v) is 10.7. The first-order valence-corrected chi connectivity index (χ1v) is 6.65. The molecule has 8 nitrogen and oxygen atoms in total. The lowest BCUT2D eigenvalue weighted by Gasteiger charge is -2.21. The average Bonchev–Trinajstić information content (AvgIpc) is 2.35. The Morgan fingerprint density at radius 3 is 2.84 bits per heavy atom. The molecule has 0 atom stereocenters. The Labute approximate surface area is 109 Å². The number of hydrogen-bond donors (Lipinski definition) is 3. The average molecular weight is 285 g/mol. The van der Waals surface area contributed by atoms with Crippen LogP contribution in [-0.2, 0) is 14.8 Å². The maximum absolute atomic E-state index is 12.0. The lowest BCUT2D eigenvalue weighted by Crippen LogP contribution is -2.41. The molecule has 0 aromatic heterocycles. The van der Waals surface area contributed by atoms with Gasteiger partial charge in [0.25, 0.3) is 10.0 Å². The minimum atomic E-state index is -3.79. The summed E-state index contributed by atoms with van der Waals surface area (Å²) in [5.41, 5.74) is 0.309. The van der Waals surface area contributed by atoms with Crippen molar-refractivity contribution in [2.75, 3.05) is 19.0 Å². The first-order chi connectivity index (χ1) is 8.92. The number of guanidine groups is 1. The van der Waals surface area contributed by atoms with Crippen molar-refractivity contribution in [1.29, 1.82) is 0 Å². The van der Waals surface area contributed by atoms with Crippen molar-refractivity contribution < 1.29 is 23.1 Å². The molecule has 0 fully saturated rings. The Hall–Kier alpha value is -2.29. The van der Waals surface area contributed by atoms with Crippen LogP contribution in [0.25, 0.3) is 0 Å². The fraction of sp³-hybridized carbons (Fsp3) is 0.200. The van der Waals surface area contributed by atoms with Crippen molar-refractivity contribution in [1.82, 2.24) is 4.72 Å². The number of aliphatic imine (C=N–C) groups is 1. The molecule has 0 bridgehead atoms. The maximum atomic E-state index is 12.0. The van der Waals surface area contributed by atoms with E-state index in [1.54, 1.807) is 6.07 Å². The number of ether oxygens (including phenoxy) is 1. The van der Waals surface area contributed by atoms with Crippen LogP contribution in [0.2, 0.25) is 0 Å². The van der Waals surface area contributed by atoms with Gasteiger partial charge in [0.15, 0.2) is 0 Å². The van der Waals surface area contributed by atoms with Gasteiger partial charge in [-0.05, 0) is 12.1 Å². The SMILES string of the molecule is COc1ccc2c(c1)S(=O)(=O)NC(=NCC(=O)O)N2. The maximum Gasteiger partial charge on any atom is 0.325 e. The molecule has 0 unspecified atom stereocenters. The predicted molar refractivity (Wildman–Crippen MR) is 66.9 cm³/mol. The lowest BCUT2D eigenvalue weighted by molar-refractivity contribution is -0.135. The largest absolute Gasteiger partial charge is 0.497 e. The van der Waals surface area contributed by atoms with Crippen LogP contribution in [0.15, 0.2) is 28.1 Å². The van der Waals surface area contributed by atoms with Crippen molar-refractivity contribution in [2.45, 2.75) is 4.90 Å². The molecule has 1 aromatic rings. The van der Waals surface area contributed by atoms with E-state index in [-0.39, 0.29) is 10.9 Å². The summed E-state index contributed by atoms with van der Waals surface area (Å²) in [7, 11) is -2.36. The normalized spacial score (nSPS) is 18.1. The fourth-order valence-electron chi connectivity index (χ4n) is 1.51. The van der Waals surface area contributed by atoms with E-state index in [1.807, 2.05) is 0 Å². The van der Waals surface area contributed by atoms with Crippen molar-refractivity contribution in [2.24, 2.45) is 4.99 Å². The van der Waals surface area contributed by atoms with E-state index < -0.39 is 22.5 Å². The third-order valence-electron chi connectivity index (χ3n) is 2.33. The molecule has 9 heteroatoms.